The second-order valence-corrected chi connectivity index (χ2v) is 32.3. The zero-order valence-corrected chi connectivity index (χ0v) is 73.6. The monoisotopic (exact) mass is 1650 g/mol. The minimum Gasteiger partial charge on any atom is -0.460 e. The summed E-state index contributed by atoms with van der Waals surface area (Å²) in [5.41, 5.74) is 4.10. The minimum atomic E-state index is -0.883. The van der Waals surface area contributed by atoms with Gasteiger partial charge < -0.3 is 78.7 Å². The Kier molecular flexibility index (Phi) is 77.1. The van der Waals surface area contributed by atoms with Crippen molar-refractivity contribution in [2.24, 2.45) is 5.73 Å². The van der Waals surface area contributed by atoms with E-state index in [0.717, 1.165) is 64.2 Å². The summed E-state index contributed by atoms with van der Waals surface area (Å²) in [7, 11) is 0. The largest absolute Gasteiger partial charge is 0.460 e. The number of allylic oxidation sites excluding steroid dienone is 1. The van der Waals surface area contributed by atoms with Gasteiger partial charge in [0.1, 0.15) is 72.4 Å². The Hall–Kier alpha value is -5.69. The van der Waals surface area contributed by atoms with E-state index < -0.39 is 29.3 Å². The lowest BCUT2D eigenvalue weighted by Gasteiger charge is -2.24. The zero-order valence-electron chi connectivity index (χ0n) is 73.6. The van der Waals surface area contributed by atoms with E-state index in [4.69, 9.17) is 63.1 Å². The molecule has 28 nitrogen and oxygen atoms in total. The van der Waals surface area contributed by atoms with E-state index >= 15 is 0 Å². The van der Waals surface area contributed by atoms with Crippen molar-refractivity contribution in [3.63, 3.8) is 0 Å². The van der Waals surface area contributed by atoms with Crippen LogP contribution in [-0.2, 0) is 110 Å². The van der Waals surface area contributed by atoms with Crippen LogP contribution in [0.5, 0.6) is 0 Å². The molecule has 0 aliphatic heterocycles. The van der Waals surface area contributed by atoms with Gasteiger partial charge in [0.2, 0.25) is 17.7 Å². The number of hydrogen-bond acceptors (Lipinski definition) is 25. The lowest BCUT2D eigenvalue weighted by molar-refractivity contribution is -0.205. The third-order valence-corrected chi connectivity index (χ3v) is 17.0. The number of unbranched alkanes of at least 4 members (excludes halogenated alkanes) is 25. The van der Waals surface area contributed by atoms with E-state index in [9.17, 15) is 52.7 Å². The second kappa shape index (κ2) is 78.2. The highest BCUT2D eigenvalue weighted by Gasteiger charge is 2.28. The Balaban J connectivity index is -0.00000186. The highest BCUT2D eigenvalue weighted by molar-refractivity contribution is 5.86. The van der Waals surface area contributed by atoms with Gasteiger partial charge in [0.15, 0.2) is 11.6 Å². The number of ether oxygens (including phenoxy) is 11. The van der Waals surface area contributed by atoms with Crippen LogP contribution in [0.1, 0.15) is 333 Å². The maximum atomic E-state index is 12.9. The molecule has 0 unspecified atom stereocenters. The zero-order chi connectivity index (χ0) is 86.5. The lowest BCUT2D eigenvalue weighted by Crippen LogP contribution is -2.44. The van der Waals surface area contributed by atoms with Gasteiger partial charge in [0.25, 0.3) is 0 Å². The van der Waals surface area contributed by atoms with Crippen LogP contribution < -0.4 is 21.7 Å². The molecule has 2 atom stereocenters. The maximum Gasteiger partial charge on any atom is 0.329 e. The second-order valence-electron chi connectivity index (χ2n) is 32.3. The number of hydrogen-bond donors (Lipinski definition) is 5. The standard InChI is InChI=1S/C45H82N2O12.C22H42O4.C20H36N2O8/c1-37(48)35-56-33-32-55-30-28-46-41(51)36-57-34-31-54-29-22-23-38(49)26-27-39(43(53)59-45(5,6)7)47-40(50)24-20-18-16-14-12-10-8-9-11-13-15-17-19-21-25-42(52)58-44(2,3)4;1-20(26-24)18-16-14-12-10-8-6-5-7-9-11-13-15-17-19-21(23)25-22(2,3)4;1-16(23)14-29-12-11-28-9-7-22-20(26)15-30-13-10-27-8-3-4-18(25)5-6-19(21)17(2)24/h39H,8-36H2,1-7H3,(H,46,51)(H,47,50);24H,1,5-19H2,2-4H3;19H,3-15,21H2,1-2H3,(H,22,26)/t39-;;19-/m0.0/s1. The molecule has 115 heavy (non-hydrogen) atoms. The van der Waals surface area contributed by atoms with Gasteiger partial charge in [-0.3, -0.25) is 47.9 Å². The molecule has 0 radical (unpaired) electrons. The molecular formula is C87H160N4O24. The van der Waals surface area contributed by atoms with Crippen LogP contribution in [-0.4, -0.2) is 217 Å². The number of nitrogens with two attached hydrogens (primary N) is 1. The average molecular weight is 1650 g/mol. The number of Topliss-reactive ketones (excluding diaryl/α,β-unsaturated/α-hetero) is 5. The van der Waals surface area contributed by atoms with Crippen molar-refractivity contribution in [3.05, 3.63) is 12.3 Å². The molecule has 0 saturated carbocycles. The van der Waals surface area contributed by atoms with Gasteiger partial charge in [-0.15, -0.1) is 0 Å². The summed E-state index contributed by atoms with van der Waals surface area (Å²) in [6.07, 6.45) is 36.8. The molecule has 3 amide bonds. The molecule has 0 heterocycles. The highest BCUT2D eigenvalue weighted by atomic mass is 17.1. The predicted molar refractivity (Wildman–Crippen MR) is 445 cm³/mol. The van der Waals surface area contributed by atoms with E-state index in [-0.39, 0.29) is 130 Å². The van der Waals surface area contributed by atoms with Crippen molar-refractivity contribution in [3.8, 4) is 0 Å². The van der Waals surface area contributed by atoms with Gasteiger partial charge in [-0.25, -0.2) is 10.1 Å². The van der Waals surface area contributed by atoms with Gasteiger partial charge in [-0.2, -0.15) is 0 Å². The molecule has 0 bridgehead atoms. The molecule has 0 aliphatic rings. The normalized spacial score (nSPS) is 11.9. The predicted octanol–water partition coefficient (Wildman–Crippen LogP) is 14.3. The van der Waals surface area contributed by atoms with E-state index in [0.29, 0.717) is 130 Å². The molecule has 672 valence electrons. The minimum absolute atomic E-state index is 0.0272. The average Bonchev–Trinajstić information content (AvgIpc) is 0.877. The molecule has 0 fully saturated rings. The van der Waals surface area contributed by atoms with Crippen LogP contribution in [0.2, 0.25) is 0 Å². The fourth-order valence-corrected chi connectivity index (χ4v) is 11.0. The number of carbonyl (C=O) groups is 11. The van der Waals surface area contributed by atoms with E-state index in [1.165, 1.54) is 136 Å². The number of amides is 3. The van der Waals surface area contributed by atoms with Gasteiger partial charge in [0, 0.05) is 77.7 Å². The summed E-state index contributed by atoms with van der Waals surface area (Å²) in [5.74, 6) is -1.11. The van der Waals surface area contributed by atoms with Crippen molar-refractivity contribution in [2.45, 2.75) is 362 Å². The molecule has 0 aromatic heterocycles. The van der Waals surface area contributed by atoms with Crippen LogP contribution in [0, 0.1) is 0 Å². The fraction of sp³-hybridized carbons (Fsp3) is 0.851. The van der Waals surface area contributed by atoms with Crippen molar-refractivity contribution in [2.75, 3.05) is 119 Å². The van der Waals surface area contributed by atoms with Crippen molar-refractivity contribution < 1.29 is 115 Å². The lowest BCUT2D eigenvalue weighted by atomic mass is 10.0. The van der Waals surface area contributed by atoms with Crippen LogP contribution in [0.3, 0.4) is 0 Å². The van der Waals surface area contributed by atoms with Gasteiger partial charge in [0.05, 0.1) is 72.1 Å². The van der Waals surface area contributed by atoms with Crippen LogP contribution in [0.25, 0.3) is 0 Å². The van der Waals surface area contributed by atoms with E-state index in [1.54, 1.807) is 20.8 Å². The van der Waals surface area contributed by atoms with E-state index in [2.05, 4.69) is 27.4 Å². The molecule has 0 aromatic carbocycles. The molecule has 6 N–H and O–H groups in total. The summed E-state index contributed by atoms with van der Waals surface area (Å²) < 4.78 is 58.2. The van der Waals surface area contributed by atoms with Crippen LogP contribution in [0.15, 0.2) is 12.3 Å². The third-order valence-electron chi connectivity index (χ3n) is 17.0. The number of rotatable bonds is 77. The fourth-order valence-electron chi connectivity index (χ4n) is 11.0. The molecule has 0 saturated heterocycles. The van der Waals surface area contributed by atoms with Crippen molar-refractivity contribution in [1.82, 2.24) is 16.0 Å². The molecular weight excluding hydrogens is 1480 g/mol. The van der Waals surface area contributed by atoms with Crippen LogP contribution >= 0.6 is 0 Å². The first kappa shape index (κ1) is 113. The Morgan fingerprint density at radius 1 is 0.330 bits per heavy atom. The summed E-state index contributed by atoms with van der Waals surface area (Å²) >= 11 is 0. The smallest absolute Gasteiger partial charge is 0.329 e. The number of esters is 3. The number of ketones is 5. The summed E-state index contributed by atoms with van der Waals surface area (Å²) in [4.78, 5) is 133. The molecule has 0 rings (SSSR count). The summed E-state index contributed by atoms with van der Waals surface area (Å²) in [6, 6.07) is -1.45. The number of carbonyl (C=O) groups excluding carboxylic acids is 11. The van der Waals surface area contributed by atoms with Gasteiger partial charge in [-0.05, 0) is 134 Å². The first-order valence-electron chi connectivity index (χ1n) is 43.0. The molecule has 0 spiro atoms. The van der Waals surface area contributed by atoms with E-state index in [1.807, 2.05) is 41.5 Å². The Morgan fingerprint density at radius 3 is 0.948 bits per heavy atom. The van der Waals surface area contributed by atoms with Crippen LogP contribution in [0.4, 0.5) is 0 Å². The SMILES string of the molecule is C=C(CCCCCCCCCCCCCCCC(=O)OC(C)(C)C)OO.CC(=O)COCCOCCNC(=O)COCCOCCCC(=O)CC[C@H](N)C(C)=O.CC(=O)COCCOCCNC(=O)COCCOCCCC(=O)CC[C@H](NC(=O)CCCCCCCCCCCCCCCCC(=O)OC(C)(C)C)C(=O)OC(C)(C)C. The van der Waals surface area contributed by atoms with Crippen molar-refractivity contribution in [1.29, 1.82) is 0 Å². The van der Waals surface area contributed by atoms with Gasteiger partial charge >= 0.3 is 17.9 Å². The summed E-state index contributed by atoms with van der Waals surface area (Å²) in [6.45, 7) is 29.2. The highest BCUT2D eigenvalue weighted by Crippen LogP contribution is 2.19. The first-order chi connectivity index (χ1) is 54.7. The maximum absolute atomic E-state index is 12.9. The topological polar surface area (TPSA) is 381 Å². The van der Waals surface area contributed by atoms with Crippen molar-refractivity contribution >= 4 is 64.5 Å². The molecule has 28 heteroatoms. The first-order valence-corrected chi connectivity index (χ1v) is 43.0. The number of nitrogens with one attached hydrogen (secondary N) is 3. The Morgan fingerprint density at radius 2 is 0.626 bits per heavy atom. The molecule has 0 aromatic rings. The Bertz CT molecular complexity index is 2520. The summed E-state index contributed by atoms with van der Waals surface area (Å²) in [5, 5.41) is 16.5. The third kappa shape index (κ3) is 93.7. The quantitative estimate of drug-likeness (QED) is 0.00943. The molecule has 0 aliphatic carbocycles. The Labute approximate surface area is 691 Å². The van der Waals surface area contributed by atoms with Gasteiger partial charge in [-0.1, -0.05) is 154 Å².